The molecular weight excluding hydrogens is 277 g/mol. The summed E-state index contributed by atoms with van der Waals surface area (Å²) in [5.41, 5.74) is 7.62. The van der Waals surface area contributed by atoms with E-state index in [1.807, 2.05) is 35.1 Å². The Kier molecular flexibility index (Phi) is 4.17. The molecule has 0 fully saturated rings. The molecular formula is C10H11BrClN3. The van der Waals surface area contributed by atoms with E-state index in [0.717, 1.165) is 22.3 Å². The molecule has 0 atom stereocenters. The summed E-state index contributed by atoms with van der Waals surface area (Å²) in [6.45, 7) is 0.747. The van der Waals surface area contributed by atoms with Crippen LogP contribution in [0.2, 0.25) is 0 Å². The molecule has 80 valence electrons. The lowest BCUT2D eigenvalue weighted by Gasteiger charge is -2.02. The summed E-state index contributed by atoms with van der Waals surface area (Å²) in [6.07, 6.45) is 3.70. The standard InChI is InChI=1S/C10H10BrN3.ClH/c11-9-5-13-14(7-9)6-8-2-1-3-10(12)4-8;/h1-5,7H,6,12H2;1H. The monoisotopic (exact) mass is 287 g/mol. The average molecular weight is 289 g/mol. The van der Waals surface area contributed by atoms with Gasteiger partial charge in [-0.1, -0.05) is 12.1 Å². The van der Waals surface area contributed by atoms with Crippen molar-refractivity contribution in [1.29, 1.82) is 0 Å². The molecule has 0 aliphatic rings. The first-order valence-electron chi connectivity index (χ1n) is 4.26. The largest absolute Gasteiger partial charge is 0.399 e. The summed E-state index contributed by atoms with van der Waals surface area (Å²) in [5.74, 6) is 0. The van der Waals surface area contributed by atoms with Gasteiger partial charge >= 0.3 is 0 Å². The molecule has 1 heterocycles. The number of nitrogen functional groups attached to an aromatic ring is 1. The van der Waals surface area contributed by atoms with Crippen LogP contribution in [0.25, 0.3) is 0 Å². The van der Waals surface area contributed by atoms with Gasteiger partial charge < -0.3 is 5.73 Å². The number of aromatic nitrogens is 2. The van der Waals surface area contributed by atoms with Crippen molar-refractivity contribution < 1.29 is 0 Å². The summed E-state index contributed by atoms with van der Waals surface area (Å²) in [5, 5.41) is 4.17. The number of halogens is 2. The highest BCUT2D eigenvalue weighted by Gasteiger charge is 1.97. The first-order chi connectivity index (χ1) is 6.74. The van der Waals surface area contributed by atoms with Crippen molar-refractivity contribution in [2.45, 2.75) is 6.54 Å². The second kappa shape index (κ2) is 5.19. The van der Waals surface area contributed by atoms with Gasteiger partial charge in [-0.05, 0) is 33.6 Å². The maximum Gasteiger partial charge on any atom is 0.0660 e. The van der Waals surface area contributed by atoms with E-state index in [-0.39, 0.29) is 12.4 Å². The van der Waals surface area contributed by atoms with Crippen LogP contribution in [-0.2, 0) is 6.54 Å². The molecule has 15 heavy (non-hydrogen) atoms. The molecule has 2 aromatic rings. The molecule has 0 saturated carbocycles. The molecule has 5 heteroatoms. The molecule has 2 N–H and O–H groups in total. The lowest BCUT2D eigenvalue weighted by molar-refractivity contribution is 0.687. The maximum atomic E-state index is 5.68. The van der Waals surface area contributed by atoms with E-state index < -0.39 is 0 Å². The Bertz CT molecular complexity index is 442. The fourth-order valence-electron chi connectivity index (χ4n) is 1.30. The number of nitrogens with two attached hydrogens (primary N) is 1. The zero-order chi connectivity index (χ0) is 9.97. The van der Waals surface area contributed by atoms with Crippen molar-refractivity contribution in [2.75, 3.05) is 5.73 Å². The normalized spacial score (nSPS) is 9.67. The third-order valence-electron chi connectivity index (χ3n) is 1.90. The van der Waals surface area contributed by atoms with Crippen molar-refractivity contribution in [3.63, 3.8) is 0 Å². The predicted molar refractivity (Wildman–Crippen MR) is 67.1 cm³/mol. The van der Waals surface area contributed by atoms with E-state index in [0.29, 0.717) is 0 Å². The summed E-state index contributed by atoms with van der Waals surface area (Å²) in [6, 6.07) is 7.81. The highest BCUT2D eigenvalue weighted by molar-refractivity contribution is 9.10. The van der Waals surface area contributed by atoms with Crippen molar-refractivity contribution in [1.82, 2.24) is 9.78 Å². The highest BCUT2D eigenvalue weighted by atomic mass is 79.9. The summed E-state index contributed by atoms with van der Waals surface area (Å²) >= 11 is 3.35. The van der Waals surface area contributed by atoms with E-state index in [1.165, 1.54) is 0 Å². The van der Waals surface area contributed by atoms with Crippen LogP contribution in [-0.4, -0.2) is 9.78 Å². The van der Waals surface area contributed by atoms with Gasteiger partial charge in [0.15, 0.2) is 0 Å². The summed E-state index contributed by atoms with van der Waals surface area (Å²) in [4.78, 5) is 0. The van der Waals surface area contributed by atoms with Crippen molar-refractivity contribution >= 4 is 34.0 Å². The van der Waals surface area contributed by atoms with Crippen LogP contribution in [0.5, 0.6) is 0 Å². The minimum atomic E-state index is 0. The van der Waals surface area contributed by atoms with Crippen molar-refractivity contribution in [3.05, 3.63) is 46.7 Å². The van der Waals surface area contributed by atoms with E-state index >= 15 is 0 Å². The van der Waals surface area contributed by atoms with Crippen LogP contribution in [0.1, 0.15) is 5.56 Å². The van der Waals surface area contributed by atoms with Crippen LogP contribution >= 0.6 is 28.3 Å². The second-order valence-corrected chi connectivity index (χ2v) is 4.02. The fourth-order valence-corrected chi connectivity index (χ4v) is 1.63. The fraction of sp³-hybridized carbons (Fsp3) is 0.100. The first-order valence-corrected chi connectivity index (χ1v) is 5.06. The number of anilines is 1. The van der Waals surface area contributed by atoms with E-state index in [1.54, 1.807) is 6.20 Å². The Morgan fingerprint density at radius 3 is 2.80 bits per heavy atom. The Morgan fingerprint density at radius 1 is 1.40 bits per heavy atom. The van der Waals surface area contributed by atoms with Gasteiger partial charge in [0.2, 0.25) is 0 Å². The quantitative estimate of drug-likeness (QED) is 0.864. The lowest BCUT2D eigenvalue weighted by atomic mass is 10.2. The second-order valence-electron chi connectivity index (χ2n) is 3.10. The van der Waals surface area contributed by atoms with Crippen LogP contribution in [0, 0.1) is 0 Å². The molecule has 0 aliphatic heterocycles. The summed E-state index contributed by atoms with van der Waals surface area (Å²) in [7, 11) is 0. The molecule has 0 aliphatic carbocycles. The predicted octanol–water partition coefficient (Wildman–Crippen LogP) is 2.70. The smallest absolute Gasteiger partial charge is 0.0660 e. The first kappa shape index (κ1) is 12.1. The number of hydrogen-bond donors (Lipinski definition) is 1. The van der Waals surface area contributed by atoms with Gasteiger partial charge in [0.1, 0.15) is 0 Å². The van der Waals surface area contributed by atoms with Crippen molar-refractivity contribution in [2.24, 2.45) is 0 Å². The number of nitrogens with zero attached hydrogens (tertiary/aromatic N) is 2. The Balaban J connectivity index is 0.00000112. The molecule has 1 aromatic heterocycles. The molecule has 0 bridgehead atoms. The zero-order valence-electron chi connectivity index (χ0n) is 7.93. The van der Waals surface area contributed by atoms with E-state index in [2.05, 4.69) is 21.0 Å². The minimum absolute atomic E-state index is 0. The molecule has 0 radical (unpaired) electrons. The van der Waals surface area contributed by atoms with Gasteiger partial charge in [0, 0.05) is 11.9 Å². The zero-order valence-corrected chi connectivity index (χ0v) is 10.3. The molecule has 0 amide bonds. The topological polar surface area (TPSA) is 43.8 Å². The van der Waals surface area contributed by atoms with Gasteiger partial charge in [-0.15, -0.1) is 12.4 Å². The van der Waals surface area contributed by atoms with Crippen LogP contribution in [0.15, 0.2) is 41.1 Å². The van der Waals surface area contributed by atoms with Crippen LogP contribution < -0.4 is 5.73 Å². The third kappa shape index (κ3) is 3.25. The molecule has 2 rings (SSSR count). The van der Waals surface area contributed by atoms with Gasteiger partial charge in [0.05, 0.1) is 17.2 Å². The Morgan fingerprint density at radius 2 is 2.20 bits per heavy atom. The minimum Gasteiger partial charge on any atom is -0.399 e. The average Bonchev–Trinajstić information content (AvgIpc) is 2.51. The summed E-state index contributed by atoms with van der Waals surface area (Å²) < 4.78 is 2.85. The van der Waals surface area contributed by atoms with Gasteiger partial charge in [-0.25, -0.2) is 0 Å². The Labute approximate surface area is 103 Å². The molecule has 1 aromatic carbocycles. The maximum absolute atomic E-state index is 5.68. The Hall–Kier alpha value is -1.00. The molecule has 0 spiro atoms. The van der Waals surface area contributed by atoms with Gasteiger partial charge in [-0.3, -0.25) is 4.68 Å². The van der Waals surface area contributed by atoms with Gasteiger partial charge in [0.25, 0.3) is 0 Å². The van der Waals surface area contributed by atoms with E-state index in [9.17, 15) is 0 Å². The SMILES string of the molecule is Cl.Nc1cccc(Cn2cc(Br)cn2)c1. The molecule has 0 saturated heterocycles. The molecule has 3 nitrogen and oxygen atoms in total. The molecule has 0 unspecified atom stereocenters. The third-order valence-corrected chi connectivity index (χ3v) is 2.31. The van der Waals surface area contributed by atoms with Gasteiger partial charge in [-0.2, -0.15) is 5.10 Å². The number of benzene rings is 1. The lowest BCUT2D eigenvalue weighted by Crippen LogP contribution is -2.00. The van der Waals surface area contributed by atoms with Crippen molar-refractivity contribution in [3.8, 4) is 0 Å². The van der Waals surface area contributed by atoms with Crippen LogP contribution in [0.4, 0.5) is 5.69 Å². The van der Waals surface area contributed by atoms with Crippen LogP contribution in [0.3, 0.4) is 0 Å². The number of hydrogen-bond acceptors (Lipinski definition) is 2. The number of rotatable bonds is 2. The van der Waals surface area contributed by atoms with E-state index in [4.69, 9.17) is 5.73 Å². The highest BCUT2D eigenvalue weighted by Crippen LogP contribution is 2.10.